The summed E-state index contributed by atoms with van der Waals surface area (Å²) in [4.78, 5) is 24.1. The van der Waals surface area contributed by atoms with Crippen molar-refractivity contribution in [3.63, 3.8) is 0 Å². The van der Waals surface area contributed by atoms with Crippen molar-refractivity contribution >= 4 is 17.8 Å². The van der Waals surface area contributed by atoms with Gasteiger partial charge in [0.05, 0.1) is 19.3 Å². The highest BCUT2D eigenvalue weighted by molar-refractivity contribution is 6.01. The van der Waals surface area contributed by atoms with Gasteiger partial charge in [-0.2, -0.15) is 0 Å². The number of phenolic OH excluding ortho intramolecular Hbond substituents is 3. The SMILES string of the molecule is O=C1C=CC2(C=C1)CCc1cc(O)cc(O[C@@H]3C[C@H](CO[C@@H]4OC[C@](O)(COC(=O)/C=C/c5ccc(O)c(O)c5)[C@@H]4O)[C@@H](O)[C@H](O)[C@H]3O)c12. The van der Waals surface area contributed by atoms with Gasteiger partial charge in [0.2, 0.25) is 0 Å². The zero-order valence-corrected chi connectivity index (χ0v) is 26.2. The van der Waals surface area contributed by atoms with Crippen LogP contribution >= 0.6 is 0 Å². The molecule has 1 saturated heterocycles. The van der Waals surface area contributed by atoms with Crippen LogP contribution < -0.4 is 4.74 Å². The number of carbonyl (C=O) groups excluding carboxylic acids is 2. The summed E-state index contributed by atoms with van der Waals surface area (Å²) >= 11 is 0. The number of allylic oxidation sites excluding steroid dienone is 4. The minimum absolute atomic E-state index is 0.0170. The number of esters is 1. The third kappa shape index (κ3) is 6.94. The van der Waals surface area contributed by atoms with E-state index in [1.807, 2.05) is 0 Å². The molecule has 4 aliphatic rings. The summed E-state index contributed by atoms with van der Waals surface area (Å²) < 4.78 is 22.4. The lowest BCUT2D eigenvalue weighted by Crippen LogP contribution is -2.56. The Bertz CT molecular complexity index is 1670. The number of phenols is 3. The Hall–Kier alpha value is -4.28. The molecule has 1 aliphatic heterocycles. The lowest BCUT2D eigenvalue weighted by molar-refractivity contribution is -0.199. The van der Waals surface area contributed by atoms with Crippen LogP contribution in [0.5, 0.6) is 23.0 Å². The Morgan fingerprint density at radius 1 is 0.980 bits per heavy atom. The number of ketones is 1. The number of aliphatic hydroxyl groups is 5. The molecular weight excluding hydrogens is 644 g/mol. The molecule has 14 nitrogen and oxygen atoms in total. The van der Waals surface area contributed by atoms with E-state index in [0.29, 0.717) is 18.4 Å². The van der Waals surface area contributed by atoms with Crippen molar-refractivity contribution in [3.8, 4) is 23.0 Å². The monoisotopic (exact) mass is 682 g/mol. The van der Waals surface area contributed by atoms with E-state index < -0.39 is 72.9 Å². The fraction of sp³-hybridized carbons (Fsp3) is 0.429. The average Bonchev–Trinajstić information content (AvgIpc) is 3.57. The van der Waals surface area contributed by atoms with Crippen LogP contribution in [0.15, 0.2) is 60.7 Å². The van der Waals surface area contributed by atoms with Crippen molar-refractivity contribution in [3.05, 3.63) is 77.4 Å². The van der Waals surface area contributed by atoms with E-state index in [1.165, 1.54) is 42.5 Å². The maximum absolute atomic E-state index is 12.2. The van der Waals surface area contributed by atoms with Crippen molar-refractivity contribution < 1.29 is 69.4 Å². The van der Waals surface area contributed by atoms with Crippen molar-refractivity contribution in [2.75, 3.05) is 19.8 Å². The summed E-state index contributed by atoms with van der Waals surface area (Å²) in [5.41, 5.74) is -0.756. The summed E-state index contributed by atoms with van der Waals surface area (Å²) in [6, 6.07) is 6.95. The second-order valence-corrected chi connectivity index (χ2v) is 13.0. The van der Waals surface area contributed by atoms with Gasteiger partial charge in [-0.1, -0.05) is 18.2 Å². The molecule has 1 spiro atoms. The Morgan fingerprint density at radius 2 is 1.73 bits per heavy atom. The first-order chi connectivity index (χ1) is 23.3. The molecule has 0 radical (unpaired) electrons. The number of aromatic hydroxyl groups is 3. The topological polar surface area (TPSA) is 233 Å². The minimum atomic E-state index is -2.03. The van der Waals surface area contributed by atoms with Crippen LogP contribution in [0.25, 0.3) is 6.08 Å². The minimum Gasteiger partial charge on any atom is -0.508 e. The van der Waals surface area contributed by atoms with E-state index in [2.05, 4.69) is 0 Å². The van der Waals surface area contributed by atoms with E-state index in [0.717, 1.165) is 17.2 Å². The Kier molecular flexibility index (Phi) is 9.57. The predicted molar refractivity (Wildman–Crippen MR) is 168 cm³/mol. The first-order valence-electron chi connectivity index (χ1n) is 15.8. The molecule has 1 saturated carbocycles. The molecule has 8 N–H and O–H groups in total. The van der Waals surface area contributed by atoms with E-state index in [1.54, 1.807) is 18.2 Å². The van der Waals surface area contributed by atoms with Gasteiger partial charge in [0, 0.05) is 29.0 Å². The van der Waals surface area contributed by atoms with Crippen LogP contribution in [-0.2, 0) is 35.6 Å². The molecule has 0 amide bonds. The van der Waals surface area contributed by atoms with E-state index in [4.69, 9.17) is 18.9 Å². The van der Waals surface area contributed by atoms with Gasteiger partial charge in [-0.25, -0.2) is 4.79 Å². The maximum atomic E-state index is 12.2. The highest BCUT2D eigenvalue weighted by Gasteiger charge is 2.51. The lowest BCUT2D eigenvalue weighted by Gasteiger charge is -2.41. The number of fused-ring (bicyclic) bond motifs is 2. The summed E-state index contributed by atoms with van der Waals surface area (Å²) in [5.74, 6) is -2.35. The van der Waals surface area contributed by atoms with E-state index in [9.17, 15) is 50.4 Å². The fourth-order valence-corrected chi connectivity index (χ4v) is 6.77. The van der Waals surface area contributed by atoms with Gasteiger partial charge in [0.15, 0.2) is 29.2 Å². The van der Waals surface area contributed by atoms with Crippen LogP contribution in [0, 0.1) is 5.92 Å². The molecule has 0 bridgehead atoms. The number of aryl methyl sites for hydroxylation is 1. The van der Waals surface area contributed by atoms with E-state index in [-0.39, 0.29) is 41.8 Å². The number of aliphatic hydroxyl groups excluding tert-OH is 4. The second kappa shape index (κ2) is 13.6. The third-order valence-corrected chi connectivity index (χ3v) is 9.57. The number of carbonyl (C=O) groups is 2. The van der Waals surface area contributed by atoms with E-state index >= 15 is 0 Å². The Labute approximate surface area is 280 Å². The van der Waals surface area contributed by atoms with Gasteiger partial charge in [0.25, 0.3) is 0 Å². The van der Waals surface area contributed by atoms with Crippen molar-refractivity contribution in [2.45, 2.75) is 67.1 Å². The number of benzene rings is 2. The molecule has 1 heterocycles. The highest BCUT2D eigenvalue weighted by atomic mass is 16.7. The zero-order chi connectivity index (χ0) is 35.1. The van der Waals surface area contributed by atoms with Crippen LogP contribution in [-0.4, -0.2) is 115 Å². The molecule has 2 fully saturated rings. The molecule has 0 unspecified atom stereocenters. The van der Waals surface area contributed by atoms with Crippen molar-refractivity contribution in [1.82, 2.24) is 0 Å². The molecule has 2 aromatic carbocycles. The van der Waals surface area contributed by atoms with Crippen molar-refractivity contribution in [1.29, 1.82) is 0 Å². The Morgan fingerprint density at radius 3 is 2.47 bits per heavy atom. The molecular formula is C35H38O14. The van der Waals surface area contributed by atoms with Gasteiger partial charge in [-0.15, -0.1) is 0 Å². The molecule has 6 rings (SSSR count). The van der Waals surface area contributed by atoms with Crippen molar-refractivity contribution in [2.24, 2.45) is 5.92 Å². The van der Waals surface area contributed by atoms with Gasteiger partial charge in [-0.3, -0.25) is 4.79 Å². The summed E-state index contributed by atoms with van der Waals surface area (Å²) in [5, 5.41) is 83.5. The standard InChI is InChI=1S/C35H38O14/c36-21-6-9-34(10-7-21)8-5-19-12-22(37)14-25(28(19)34)49-26-13-20(29(41)31(43)30(26)42)15-46-33-32(44)35(45,17-48-33)16-47-27(40)4-2-18-1-3-23(38)24(39)11-18/h1-4,6-7,9-12,14,20,26,29-33,37-39,41-45H,5,8,13,15-17H2/b4-2+/t20-,26-,29-,30+,31+,32-,33-,35-/m1/s1. The first-order valence-corrected chi connectivity index (χ1v) is 15.8. The number of hydrogen-bond acceptors (Lipinski definition) is 14. The van der Waals surface area contributed by atoms with Crippen LogP contribution in [0.2, 0.25) is 0 Å². The zero-order valence-electron chi connectivity index (χ0n) is 26.2. The molecule has 3 aliphatic carbocycles. The number of ether oxygens (including phenoxy) is 4. The molecule has 2 aromatic rings. The largest absolute Gasteiger partial charge is 0.508 e. The van der Waals surface area contributed by atoms with Gasteiger partial charge in [0.1, 0.15) is 42.5 Å². The summed E-state index contributed by atoms with van der Waals surface area (Å²) in [6.07, 6.45) is 1.36. The molecule has 262 valence electrons. The number of rotatable bonds is 9. The van der Waals surface area contributed by atoms with Crippen LogP contribution in [0.1, 0.15) is 29.5 Å². The van der Waals surface area contributed by atoms with Crippen LogP contribution in [0.3, 0.4) is 0 Å². The molecule has 0 aromatic heterocycles. The smallest absolute Gasteiger partial charge is 0.330 e. The predicted octanol–water partition coefficient (Wildman–Crippen LogP) is 0.254. The third-order valence-electron chi connectivity index (χ3n) is 9.57. The molecule has 49 heavy (non-hydrogen) atoms. The van der Waals surface area contributed by atoms with Gasteiger partial charge >= 0.3 is 5.97 Å². The summed E-state index contributed by atoms with van der Waals surface area (Å²) in [7, 11) is 0. The maximum Gasteiger partial charge on any atom is 0.330 e. The lowest BCUT2D eigenvalue weighted by atomic mass is 9.78. The molecule has 14 heteroatoms. The highest BCUT2D eigenvalue weighted by Crippen LogP contribution is 2.49. The van der Waals surface area contributed by atoms with Gasteiger partial charge < -0.3 is 59.8 Å². The quantitative estimate of drug-likeness (QED) is 0.101. The average molecular weight is 683 g/mol. The number of hydrogen-bond donors (Lipinski definition) is 8. The molecule has 8 atom stereocenters. The Balaban J connectivity index is 1.07. The van der Waals surface area contributed by atoms with Gasteiger partial charge in [-0.05, 0) is 66.8 Å². The normalized spacial score (nSPS) is 31.8. The fourth-order valence-electron chi connectivity index (χ4n) is 6.77. The van der Waals surface area contributed by atoms with Crippen LogP contribution in [0.4, 0.5) is 0 Å². The first kappa shape index (κ1) is 34.6. The summed E-state index contributed by atoms with van der Waals surface area (Å²) in [6.45, 7) is -1.40. The second-order valence-electron chi connectivity index (χ2n) is 13.0.